The molecule has 1 saturated heterocycles. The summed E-state index contributed by atoms with van der Waals surface area (Å²) in [6.45, 7) is 9.90. The Morgan fingerprint density at radius 3 is 2.54 bits per heavy atom. The van der Waals surface area contributed by atoms with Crippen LogP contribution < -0.4 is 5.32 Å². The van der Waals surface area contributed by atoms with Crippen LogP contribution in [0.15, 0.2) is 54.6 Å². The summed E-state index contributed by atoms with van der Waals surface area (Å²) in [4.78, 5) is 28.2. The minimum atomic E-state index is -1.46. The highest BCUT2D eigenvalue weighted by Crippen LogP contribution is 2.57. The lowest BCUT2D eigenvalue weighted by atomic mass is 9.51. The SMILES string of the molecule is C=C1[C@@H](C)[C@H]2[C@H](Cc3ccccc3)NC(=O)[C@@]23C(=O)C[C@H](OC)[C@](C)(O)C[C@H](C)C/C=C/[C@H]3[C@H]1O. The number of benzene rings is 1. The summed E-state index contributed by atoms with van der Waals surface area (Å²) in [5, 5.41) is 25.8. The molecule has 1 spiro atoms. The van der Waals surface area contributed by atoms with Gasteiger partial charge >= 0.3 is 0 Å². The van der Waals surface area contributed by atoms with Crippen LogP contribution in [0.4, 0.5) is 0 Å². The fraction of sp³-hybridized carbons (Fsp3) is 0.586. The van der Waals surface area contributed by atoms with E-state index in [0.717, 1.165) is 5.56 Å². The van der Waals surface area contributed by atoms with Crippen molar-refractivity contribution in [1.29, 1.82) is 0 Å². The normalized spacial score (nSPS) is 43.0. The molecular formula is C29H39NO5. The lowest BCUT2D eigenvalue weighted by Gasteiger charge is -2.49. The van der Waals surface area contributed by atoms with Crippen molar-refractivity contribution in [3.05, 3.63) is 60.2 Å². The van der Waals surface area contributed by atoms with Crippen LogP contribution in [0.5, 0.6) is 0 Å². The summed E-state index contributed by atoms with van der Waals surface area (Å²) in [6, 6.07) is 9.63. The van der Waals surface area contributed by atoms with E-state index in [1.807, 2.05) is 56.3 Å². The molecule has 6 nitrogen and oxygen atoms in total. The van der Waals surface area contributed by atoms with Crippen LogP contribution in [0, 0.1) is 29.1 Å². The molecule has 1 aromatic carbocycles. The molecule has 6 heteroatoms. The molecule has 3 aliphatic rings. The third-order valence-electron chi connectivity index (χ3n) is 8.77. The minimum absolute atomic E-state index is 0.103. The third-order valence-corrected chi connectivity index (χ3v) is 8.77. The Labute approximate surface area is 208 Å². The maximum atomic E-state index is 14.3. The molecule has 9 atom stereocenters. The Kier molecular flexibility index (Phi) is 7.11. The fourth-order valence-corrected chi connectivity index (χ4v) is 7.02. The number of hydrogen-bond donors (Lipinski definition) is 3. The molecule has 2 fully saturated rings. The van der Waals surface area contributed by atoms with Gasteiger partial charge < -0.3 is 20.3 Å². The average Bonchev–Trinajstić information content (AvgIpc) is 3.09. The van der Waals surface area contributed by atoms with Gasteiger partial charge in [-0.3, -0.25) is 9.59 Å². The summed E-state index contributed by atoms with van der Waals surface area (Å²) in [6.07, 6.45) is 3.63. The van der Waals surface area contributed by atoms with E-state index in [2.05, 4.69) is 11.9 Å². The zero-order valence-electron chi connectivity index (χ0n) is 21.2. The predicted octanol–water partition coefficient (Wildman–Crippen LogP) is 3.22. The molecule has 1 amide bonds. The topological polar surface area (TPSA) is 95.9 Å². The number of Topliss-reactive ketones (excluding diaryl/α,β-unsaturated/α-hetero) is 1. The van der Waals surface area contributed by atoms with E-state index in [4.69, 9.17) is 4.74 Å². The van der Waals surface area contributed by atoms with Gasteiger partial charge in [-0.1, -0.05) is 62.9 Å². The highest BCUT2D eigenvalue weighted by atomic mass is 16.5. The number of aliphatic hydroxyl groups is 2. The van der Waals surface area contributed by atoms with E-state index in [0.29, 0.717) is 24.8 Å². The Bertz CT molecular complexity index is 1000. The Morgan fingerprint density at radius 2 is 1.89 bits per heavy atom. The number of aliphatic hydroxyl groups excluding tert-OH is 1. The largest absolute Gasteiger partial charge is 0.388 e. The lowest BCUT2D eigenvalue weighted by Crippen LogP contribution is -2.59. The molecule has 4 rings (SSSR count). The van der Waals surface area contributed by atoms with Crippen molar-refractivity contribution >= 4 is 11.7 Å². The summed E-state index contributed by atoms with van der Waals surface area (Å²) in [5.41, 5.74) is -0.969. The van der Waals surface area contributed by atoms with Crippen LogP contribution in [0.25, 0.3) is 0 Å². The zero-order chi connectivity index (χ0) is 25.5. The monoisotopic (exact) mass is 481 g/mol. The van der Waals surface area contributed by atoms with Crippen molar-refractivity contribution in [2.75, 3.05) is 7.11 Å². The number of rotatable bonds is 3. The van der Waals surface area contributed by atoms with E-state index < -0.39 is 29.1 Å². The standard InChI is InChI=1S/C29H39NO5/c1-17-10-9-13-21-26(32)19(3)18(2)25-22(14-20-11-7-6-8-12-20)30-27(33)29(21,25)23(31)15-24(35-5)28(4,34)16-17/h6-9,11-13,17-18,21-22,24-26,32,34H,3,10,14-16H2,1-2,4-5H3,(H,30,33)/b13-9+/t17-,18-,21+,22+,24+,25+,26+,28-,29+/m1/s1. The Balaban J connectivity index is 1.85. The van der Waals surface area contributed by atoms with Crippen molar-refractivity contribution in [3.8, 4) is 0 Å². The number of ketones is 1. The van der Waals surface area contributed by atoms with Crippen LogP contribution in [0.1, 0.15) is 45.6 Å². The molecule has 2 aliphatic carbocycles. The number of allylic oxidation sites excluding steroid dienone is 1. The molecular weight excluding hydrogens is 442 g/mol. The first-order valence-electron chi connectivity index (χ1n) is 12.7. The number of methoxy groups -OCH3 is 1. The number of nitrogens with one attached hydrogen (secondary N) is 1. The molecule has 1 aliphatic heterocycles. The highest BCUT2D eigenvalue weighted by Gasteiger charge is 2.68. The molecule has 0 bridgehead atoms. The summed E-state index contributed by atoms with van der Waals surface area (Å²) >= 11 is 0. The number of carbonyl (C=O) groups excluding carboxylic acids is 2. The predicted molar refractivity (Wildman–Crippen MR) is 134 cm³/mol. The minimum Gasteiger partial charge on any atom is -0.388 e. The first-order valence-corrected chi connectivity index (χ1v) is 12.7. The molecule has 0 unspecified atom stereocenters. The van der Waals surface area contributed by atoms with Gasteiger partial charge in [-0.2, -0.15) is 0 Å². The zero-order valence-corrected chi connectivity index (χ0v) is 21.2. The summed E-state index contributed by atoms with van der Waals surface area (Å²) < 4.78 is 5.65. The summed E-state index contributed by atoms with van der Waals surface area (Å²) in [5.74, 6) is -1.86. The highest BCUT2D eigenvalue weighted by molar-refractivity contribution is 6.09. The number of amides is 1. The van der Waals surface area contributed by atoms with Crippen LogP contribution in [-0.4, -0.2) is 52.9 Å². The van der Waals surface area contributed by atoms with Gasteiger partial charge in [0.1, 0.15) is 5.41 Å². The van der Waals surface area contributed by atoms with Gasteiger partial charge in [0.15, 0.2) is 5.78 Å². The molecule has 0 radical (unpaired) electrons. The molecule has 1 aromatic rings. The van der Waals surface area contributed by atoms with Gasteiger partial charge in [0.25, 0.3) is 0 Å². The first kappa shape index (κ1) is 25.8. The van der Waals surface area contributed by atoms with Crippen molar-refractivity contribution in [2.24, 2.45) is 29.1 Å². The second-order valence-corrected chi connectivity index (χ2v) is 11.2. The van der Waals surface area contributed by atoms with Crippen molar-refractivity contribution in [3.63, 3.8) is 0 Å². The Morgan fingerprint density at radius 1 is 1.20 bits per heavy atom. The van der Waals surface area contributed by atoms with Gasteiger partial charge in [-0.15, -0.1) is 0 Å². The molecule has 1 saturated carbocycles. The maximum Gasteiger partial charge on any atom is 0.235 e. The van der Waals surface area contributed by atoms with E-state index in [9.17, 15) is 19.8 Å². The van der Waals surface area contributed by atoms with Gasteiger partial charge in [0, 0.05) is 31.4 Å². The summed E-state index contributed by atoms with van der Waals surface area (Å²) in [7, 11) is 1.49. The van der Waals surface area contributed by atoms with E-state index in [-0.39, 0.29) is 41.9 Å². The van der Waals surface area contributed by atoms with Crippen molar-refractivity contribution < 1.29 is 24.5 Å². The van der Waals surface area contributed by atoms with Crippen LogP contribution >= 0.6 is 0 Å². The van der Waals surface area contributed by atoms with E-state index in [1.165, 1.54) is 7.11 Å². The lowest BCUT2D eigenvalue weighted by molar-refractivity contribution is -0.157. The van der Waals surface area contributed by atoms with Crippen LogP contribution in [0.2, 0.25) is 0 Å². The molecule has 0 aromatic heterocycles. The Hall–Kier alpha value is -2.28. The number of ether oxygens (including phenoxy) is 1. The van der Waals surface area contributed by atoms with E-state index in [1.54, 1.807) is 6.92 Å². The number of carbonyl (C=O) groups is 2. The molecule has 190 valence electrons. The molecule has 35 heavy (non-hydrogen) atoms. The fourth-order valence-electron chi connectivity index (χ4n) is 7.02. The van der Waals surface area contributed by atoms with E-state index >= 15 is 0 Å². The number of hydrogen-bond acceptors (Lipinski definition) is 5. The molecule has 1 heterocycles. The average molecular weight is 482 g/mol. The first-order chi connectivity index (χ1) is 16.5. The van der Waals surface area contributed by atoms with Crippen molar-refractivity contribution in [2.45, 2.75) is 70.3 Å². The van der Waals surface area contributed by atoms with Gasteiger partial charge in [-0.25, -0.2) is 0 Å². The van der Waals surface area contributed by atoms with Crippen LogP contribution in [0.3, 0.4) is 0 Å². The second-order valence-electron chi connectivity index (χ2n) is 11.2. The van der Waals surface area contributed by atoms with Gasteiger partial charge in [-0.05, 0) is 49.2 Å². The third kappa shape index (κ3) is 4.30. The van der Waals surface area contributed by atoms with Crippen molar-refractivity contribution in [1.82, 2.24) is 5.32 Å². The van der Waals surface area contributed by atoms with Gasteiger partial charge in [0.2, 0.25) is 5.91 Å². The second kappa shape index (κ2) is 9.64. The quantitative estimate of drug-likeness (QED) is 0.455. The van der Waals surface area contributed by atoms with Gasteiger partial charge in [0.05, 0.1) is 17.8 Å². The maximum absolute atomic E-state index is 14.3. The smallest absolute Gasteiger partial charge is 0.235 e. The molecule has 3 N–H and O–H groups in total. The van der Waals surface area contributed by atoms with Crippen LogP contribution in [-0.2, 0) is 20.7 Å².